The third-order valence-electron chi connectivity index (χ3n) is 3.38. The second-order valence-electron chi connectivity index (χ2n) is 5.66. The molecule has 0 aliphatic rings. The maximum absolute atomic E-state index is 11.5. The van der Waals surface area contributed by atoms with Crippen LogP contribution in [0.4, 0.5) is 0 Å². The minimum absolute atomic E-state index is 0.148. The molecule has 0 saturated heterocycles. The van der Waals surface area contributed by atoms with Gasteiger partial charge in [0.25, 0.3) is 0 Å². The van der Waals surface area contributed by atoms with E-state index in [4.69, 9.17) is 18.9 Å². The van der Waals surface area contributed by atoms with Gasteiger partial charge < -0.3 is 18.9 Å². The lowest BCUT2D eigenvalue weighted by Gasteiger charge is -2.07. The van der Waals surface area contributed by atoms with E-state index in [1.807, 2.05) is 0 Å². The Balaban J connectivity index is 3.16. The van der Waals surface area contributed by atoms with Gasteiger partial charge in [-0.1, -0.05) is 45.4 Å². The number of unbranched alkanes of at least 4 members (excludes halogenated alkanes) is 6. The smallest absolute Gasteiger partial charge is 0.305 e. The van der Waals surface area contributed by atoms with E-state index in [9.17, 15) is 9.59 Å². The topological polar surface area (TPSA) is 71.1 Å². The summed E-state index contributed by atoms with van der Waals surface area (Å²) in [4.78, 5) is 22.0. The van der Waals surface area contributed by atoms with Gasteiger partial charge in [0, 0.05) is 13.3 Å². The van der Waals surface area contributed by atoms with Crippen molar-refractivity contribution >= 4 is 11.9 Å². The lowest BCUT2D eigenvalue weighted by Crippen LogP contribution is -2.14. The van der Waals surface area contributed by atoms with Crippen LogP contribution in [0.15, 0.2) is 0 Å². The Bertz CT molecular complexity index is 306. The van der Waals surface area contributed by atoms with Crippen molar-refractivity contribution in [2.45, 2.75) is 65.2 Å². The SMILES string of the molecule is CCCCCCCCCC(=O)OCCOCCOCCOC(C)=O. The molecule has 0 aliphatic carbocycles. The fraction of sp³-hybridized carbons (Fsp3) is 0.889. The molecule has 6 heteroatoms. The van der Waals surface area contributed by atoms with E-state index in [0.717, 1.165) is 12.8 Å². The van der Waals surface area contributed by atoms with Crippen LogP contribution in [0.5, 0.6) is 0 Å². The van der Waals surface area contributed by atoms with E-state index in [-0.39, 0.29) is 25.2 Å². The molecule has 0 N–H and O–H groups in total. The van der Waals surface area contributed by atoms with Gasteiger partial charge in [0.1, 0.15) is 13.2 Å². The first-order valence-electron chi connectivity index (χ1n) is 9.11. The molecule has 0 radical (unpaired) electrons. The molecule has 6 nitrogen and oxygen atoms in total. The average Bonchev–Trinajstić information content (AvgIpc) is 2.55. The number of rotatable bonds is 17. The van der Waals surface area contributed by atoms with Crippen molar-refractivity contribution in [2.24, 2.45) is 0 Å². The maximum Gasteiger partial charge on any atom is 0.305 e. The second-order valence-corrected chi connectivity index (χ2v) is 5.66. The lowest BCUT2D eigenvalue weighted by molar-refractivity contribution is -0.146. The first-order valence-corrected chi connectivity index (χ1v) is 9.11. The van der Waals surface area contributed by atoms with Crippen molar-refractivity contribution in [3.8, 4) is 0 Å². The maximum atomic E-state index is 11.5. The van der Waals surface area contributed by atoms with Crippen LogP contribution < -0.4 is 0 Å². The molecule has 0 aromatic carbocycles. The van der Waals surface area contributed by atoms with Gasteiger partial charge in [-0.05, 0) is 6.42 Å². The van der Waals surface area contributed by atoms with Crippen molar-refractivity contribution in [2.75, 3.05) is 39.6 Å². The summed E-state index contributed by atoms with van der Waals surface area (Å²) in [5, 5.41) is 0. The molecule has 0 atom stereocenters. The van der Waals surface area contributed by atoms with E-state index in [0.29, 0.717) is 32.8 Å². The molecule has 0 fully saturated rings. The highest BCUT2D eigenvalue weighted by Crippen LogP contribution is 2.08. The van der Waals surface area contributed by atoms with Crippen LogP contribution in [-0.4, -0.2) is 51.6 Å². The molecular weight excluding hydrogens is 312 g/mol. The highest BCUT2D eigenvalue weighted by Gasteiger charge is 2.02. The molecule has 0 amide bonds. The zero-order chi connectivity index (χ0) is 17.9. The molecular formula is C18H34O6. The predicted molar refractivity (Wildman–Crippen MR) is 91.8 cm³/mol. The van der Waals surface area contributed by atoms with E-state index in [1.54, 1.807) is 0 Å². The van der Waals surface area contributed by atoms with Gasteiger partial charge in [0.2, 0.25) is 0 Å². The van der Waals surface area contributed by atoms with Crippen molar-refractivity contribution in [1.82, 2.24) is 0 Å². The van der Waals surface area contributed by atoms with Gasteiger partial charge in [-0.3, -0.25) is 9.59 Å². The third-order valence-corrected chi connectivity index (χ3v) is 3.38. The standard InChI is InChI=1S/C18H34O6/c1-3-4-5-6-7-8-9-10-18(20)24-16-14-22-12-11-21-13-15-23-17(2)19/h3-16H2,1-2H3. The van der Waals surface area contributed by atoms with Gasteiger partial charge in [0.05, 0.1) is 26.4 Å². The van der Waals surface area contributed by atoms with Crippen molar-refractivity contribution in [3.05, 3.63) is 0 Å². The lowest BCUT2D eigenvalue weighted by atomic mass is 10.1. The summed E-state index contributed by atoms with van der Waals surface area (Å²) in [7, 11) is 0. The molecule has 0 unspecified atom stereocenters. The van der Waals surface area contributed by atoms with Crippen LogP contribution in [0.2, 0.25) is 0 Å². The van der Waals surface area contributed by atoms with Crippen LogP contribution in [0.1, 0.15) is 65.2 Å². The molecule has 0 rings (SSSR count). The Morgan fingerprint density at radius 1 is 0.667 bits per heavy atom. The quantitative estimate of drug-likeness (QED) is 0.297. The summed E-state index contributed by atoms with van der Waals surface area (Å²) in [6.45, 7) is 5.68. The molecule has 0 bridgehead atoms. The van der Waals surface area contributed by atoms with Crippen LogP contribution in [0.25, 0.3) is 0 Å². The van der Waals surface area contributed by atoms with Gasteiger partial charge in [-0.15, -0.1) is 0 Å². The second kappa shape index (κ2) is 18.2. The number of carbonyl (C=O) groups is 2. The van der Waals surface area contributed by atoms with E-state index >= 15 is 0 Å². The number of ether oxygens (including phenoxy) is 4. The number of hydrogen-bond donors (Lipinski definition) is 0. The Morgan fingerprint density at radius 3 is 1.75 bits per heavy atom. The number of hydrogen-bond acceptors (Lipinski definition) is 6. The Hall–Kier alpha value is -1.14. The molecule has 0 heterocycles. The van der Waals surface area contributed by atoms with Gasteiger partial charge in [0.15, 0.2) is 0 Å². The highest BCUT2D eigenvalue weighted by atomic mass is 16.6. The Morgan fingerprint density at radius 2 is 1.17 bits per heavy atom. The van der Waals surface area contributed by atoms with Crippen molar-refractivity contribution in [1.29, 1.82) is 0 Å². The van der Waals surface area contributed by atoms with E-state index in [1.165, 1.54) is 39.0 Å². The number of esters is 2. The predicted octanol–water partition coefficient (Wildman–Crippen LogP) is 3.27. The summed E-state index contributed by atoms with van der Waals surface area (Å²) in [6.07, 6.45) is 8.82. The summed E-state index contributed by atoms with van der Waals surface area (Å²) in [5.74, 6) is -0.460. The molecule has 142 valence electrons. The monoisotopic (exact) mass is 346 g/mol. The molecule has 0 aromatic heterocycles. The van der Waals surface area contributed by atoms with Gasteiger partial charge >= 0.3 is 11.9 Å². The molecule has 0 saturated carbocycles. The van der Waals surface area contributed by atoms with Crippen molar-refractivity contribution < 1.29 is 28.5 Å². The number of carbonyl (C=O) groups excluding carboxylic acids is 2. The Labute approximate surface area is 146 Å². The van der Waals surface area contributed by atoms with E-state index < -0.39 is 0 Å². The molecule has 0 aromatic rings. The normalized spacial score (nSPS) is 10.6. The molecule has 0 spiro atoms. The fourth-order valence-corrected chi connectivity index (χ4v) is 2.08. The minimum atomic E-state index is -0.312. The zero-order valence-corrected chi connectivity index (χ0v) is 15.3. The minimum Gasteiger partial charge on any atom is -0.463 e. The van der Waals surface area contributed by atoms with Crippen LogP contribution >= 0.6 is 0 Å². The van der Waals surface area contributed by atoms with Crippen LogP contribution in [0, 0.1) is 0 Å². The molecule has 0 aliphatic heterocycles. The first kappa shape index (κ1) is 22.9. The van der Waals surface area contributed by atoms with Crippen LogP contribution in [-0.2, 0) is 28.5 Å². The zero-order valence-electron chi connectivity index (χ0n) is 15.3. The third kappa shape index (κ3) is 18.9. The van der Waals surface area contributed by atoms with Gasteiger partial charge in [-0.2, -0.15) is 0 Å². The fourth-order valence-electron chi connectivity index (χ4n) is 2.08. The molecule has 24 heavy (non-hydrogen) atoms. The summed E-state index contributed by atoms with van der Waals surface area (Å²) in [5.41, 5.74) is 0. The van der Waals surface area contributed by atoms with Crippen LogP contribution in [0.3, 0.4) is 0 Å². The average molecular weight is 346 g/mol. The Kier molecular flexibility index (Phi) is 17.3. The highest BCUT2D eigenvalue weighted by molar-refractivity contribution is 5.69. The van der Waals surface area contributed by atoms with E-state index in [2.05, 4.69) is 6.92 Å². The summed E-state index contributed by atoms with van der Waals surface area (Å²) < 4.78 is 20.3. The largest absolute Gasteiger partial charge is 0.463 e. The summed E-state index contributed by atoms with van der Waals surface area (Å²) >= 11 is 0. The van der Waals surface area contributed by atoms with Crippen molar-refractivity contribution in [3.63, 3.8) is 0 Å². The van der Waals surface area contributed by atoms with Gasteiger partial charge in [-0.25, -0.2) is 0 Å². The first-order chi connectivity index (χ1) is 11.7. The summed E-state index contributed by atoms with van der Waals surface area (Å²) in [6, 6.07) is 0.